The first-order valence-corrected chi connectivity index (χ1v) is 6.22. The maximum absolute atomic E-state index is 12.0. The summed E-state index contributed by atoms with van der Waals surface area (Å²) in [7, 11) is 0. The lowest BCUT2D eigenvalue weighted by atomic mass is 10.0. The van der Waals surface area contributed by atoms with Crippen molar-refractivity contribution in [1.29, 1.82) is 0 Å². The first-order valence-electron chi connectivity index (χ1n) is 6.22. The fraction of sp³-hybridized carbons (Fsp3) is 0.917. The number of rotatable bonds is 4. The van der Waals surface area contributed by atoms with Gasteiger partial charge in [-0.05, 0) is 25.7 Å². The minimum Gasteiger partial charge on any atom is -0.377 e. The molecule has 1 rings (SSSR count). The zero-order valence-corrected chi connectivity index (χ0v) is 10.6. The summed E-state index contributed by atoms with van der Waals surface area (Å²) in [6.45, 7) is 8.18. The van der Waals surface area contributed by atoms with E-state index in [1.54, 1.807) is 0 Å². The summed E-state index contributed by atoms with van der Waals surface area (Å²) in [6, 6.07) is -0.375. The smallest absolute Gasteiger partial charge is 0.239 e. The highest BCUT2D eigenvalue weighted by atomic mass is 16.5. The van der Waals surface area contributed by atoms with E-state index in [-0.39, 0.29) is 24.0 Å². The Labute approximate surface area is 98.1 Å². The van der Waals surface area contributed by atoms with Crippen molar-refractivity contribution in [1.82, 2.24) is 4.90 Å². The number of carbonyl (C=O) groups is 1. The van der Waals surface area contributed by atoms with Crippen molar-refractivity contribution in [2.24, 2.45) is 11.7 Å². The van der Waals surface area contributed by atoms with Gasteiger partial charge in [-0.1, -0.05) is 13.8 Å². The van der Waals surface area contributed by atoms with Gasteiger partial charge in [0.1, 0.15) is 0 Å². The van der Waals surface area contributed by atoms with E-state index in [0.717, 1.165) is 19.4 Å². The van der Waals surface area contributed by atoms with Gasteiger partial charge in [-0.3, -0.25) is 4.79 Å². The number of piperidine rings is 1. The molecule has 0 spiro atoms. The Bertz CT molecular complexity index is 229. The second-order valence-electron chi connectivity index (χ2n) is 4.77. The van der Waals surface area contributed by atoms with Crippen molar-refractivity contribution in [2.45, 2.75) is 45.8 Å². The Morgan fingerprint density at radius 2 is 2.25 bits per heavy atom. The molecule has 0 aromatic heterocycles. The Morgan fingerprint density at radius 1 is 1.56 bits per heavy atom. The summed E-state index contributed by atoms with van der Waals surface area (Å²) in [5.74, 6) is 0.263. The van der Waals surface area contributed by atoms with Crippen LogP contribution in [0.15, 0.2) is 0 Å². The van der Waals surface area contributed by atoms with Crippen molar-refractivity contribution in [3.63, 3.8) is 0 Å². The molecular weight excluding hydrogens is 204 g/mol. The summed E-state index contributed by atoms with van der Waals surface area (Å²) in [6.07, 6.45) is 2.26. The fourth-order valence-electron chi connectivity index (χ4n) is 2.01. The Kier molecular flexibility index (Phi) is 5.22. The van der Waals surface area contributed by atoms with Gasteiger partial charge in [0.15, 0.2) is 0 Å². The van der Waals surface area contributed by atoms with Crippen LogP contribution < -0.4 is 5.73 Å². The number of ether oxygens (including phenoxy) is 1. The quantitative estimate of drug-likeness (QED) is 0.781. The van der Waals surface area contributed by atoms with Crippen LogP contribution in [-0.2, 0) is 9.53 Å². The predicted octanol–water partition coefficient (Wildman–Crippen LogP) is 0.997. The van der Waals surface area contributed by atoms with Crippen LogP contribution in [-0.4, -0.2) is 42.6 Å². The zero-order valence-electron chi connectivity index (χ0n) is 10.6. The van der Waals surface area contributed by atoms with Gasteiger partial charge in [0, 0.05) is 19.7 Å². The molecular formula is C12H24N2O2. The third kappa shape index (κ3) is 3.46. The summed E-state index contributed by atoms with van der Waals surface area (Å²) in [5.41, 5.74) is 5.88. The van der Waals surface area contributed by atoms with E-state index in [0.29, 0.717) is 13.2 Å². The summed E-state index contributed by atoms with van der Waals surface area (Å²) < 4.78 is 5.57. The number of amides is 1. The largest absolute Gasteiger partial charge is 0.377 e. The predicted molar refractivity (Wildman–Crippen MR) is 64.0 cm³/mol. The molecule has 1 fully saturated rings. The molecule has 4 heteroatoms. The summed E-state index contributed by atoms with van der Waals surface area (Å²) in [5, 5.41) is 0. The van der Waals surface area contributed by atoms with Crippen molar-refractivity contribution in [3.05, 3.63) is 0 Å². The molecule has 1 aliphatic heterocycles. The molecule has 0 bridgehead atoms. The lowest BCUT2D eigenvalue weighted by molar-refractivity contribution is -0.137. The SMILES string of the molecule is CCOC1CCCN(C(=O)[C@H](N)C(C)C)C1. The van der Waals surface area contributed by atoms with Crippen LogP contribution in [0.3, 0.4) is 0 Å². The fourth-order valence-corrected chi connectivity index (χ4v) is 2.01. The van der Waals surface area contributed by atoms with Crippen LogP contribution in [0.1, 0.15) is 33.6 Å². The Balaban J connectivity index is 2.49. The monoisotopic (exact) mass is 228 g/mol. The molecule has 1 aliphatic rings. The molecule has 2 N–H and O–H groups in total. The third-order valence-electron chi connectivity index (χ3n) is 3.10. The molecule has 0 radical (unpaired) electrons. The molecule has 0 aromatic rings. The van der Waals surface area contributed by atoms with Crippen LogP contribution in [0.2, 0.25) is 0 Å². The van der Waals surface area contributed by atoms with Crippen molar-refractivity contribution in [3.8, 4) is 0 Å². The van der Waals surface area contributed by atoms with E-state index >= 15 is 0 Å². The number of nitrogens with two attached hydrogens (primary N) is 1. The third-order valence-corrected chi connectivity index (χ3v) is 3.10. The standard InChI is InChI=1S/C12H24N2O2/c1-4-16-10-6-5-7-14(8-10)12(15)11(13)9(2)3/h9-11H,4-8,13H2,1-3H3/t10?,11-/m1/s1. The van der Waals surface area contributed by atoms with Crippen molar-refractivity contribution >= 4 is 5.91 Å². The molecule has 0 aliphatic carbocycles. The van der Waals surface area contributed by atoms with Gasteiger partial charge >= 0.3 is 0 Å². The first kappa shape index (κ1) is 13.5. The maximum atomic E-state index is 12.0. The molecule has 0 aromatic carbocycles. The summed E-state index contributed by atoms with van der Waals surface area (Å²) >= 11 is 0. The normalized spacial score (nSPS) is 23.6. The van der Waals surface area contributed by atoms with Gasteiger partial charge in [0.25, 0.3) is 0 Å². The van der Waals surface area contributed by atoms with E-state index in [4.69, 9.17) is 10.5 Å². The Morgan fingerprint density at radius 3 is 2.81 bits per heavy atom. The van der Waals surface area contributed by atoms with Gasteiger partial charge in [0.05, 0.1) is 12.1 Å². The number of likely N-dealkylation sites (tertiary alicyclic amines) is 1. The maximum Gasteiger partial charge on any atom is 0.239 e. The lowest BCUT2D eigenvalue weighted by Crippen LogP contribution is -2.51. The van der Waals surface area contributed by atoms with Crippen LogP contribution in [0.5, 0.6) is 0 Å². The molecule has 1 amide bonds. The second kappa shape index (κ2) is 6.21. The average Bonchev–Trinajstić information content (AvgIpc) is 2.28. The minimum atomic E-state index is -0.375. The van der Waals surface area contributed by atoms with E-state index in [1.807, 2.05) is 25.7 Å². The molecule has 1 saturated heterocycles. The number of carbonyl (C=O) groups excluding carboxylic acids is 1. The Hall–Kier alpha value is -0.610. The number of nitrogens with zero attached hydrogens (tertiary/aromatic N) is 1. The van der Waals surface area contributed by atoms with Crippen LogP contribution >= 0.6 is 0 Å². The zero-order chi connectivity index (χ0) is 12.1. The molecule has 94 valence electrons. The van der Waals surface area contributed by atoms with Crippen LogP contribution in [0, 0.1) is 5.92 Å². The minimum absolute atomic E-state index is 0.0689. The highest BCUT2D eigenvalue weighted by molar-refractivity contribution is 5.82. The van der Waals surface area contributed by atoms with Gasteiger partial charge in [-0.15, -0.1) is 0 Å². The molecule has 16 heavy (non-hydrogen) atoms. The van der Waals surface area contributed by atoms with E-state index in [2.05, 4.69) is 0 Å². The van der Waals surface area contributed by atoms with Crippen molar-refractivity contribution in [2.75, 3.05) is 19.7 Å². The second-order valence-corrected chi connectivity index (χ2v) is 4.77. The highest BCUT2D eigenvalue weighted by Gasteiger charge is 2.28. The summed E-state index contributed by atoms with van der Waals surface area (Å²) in [4.78, 5) is 13.9. The average molecular weight is 228 g/mol. The van der Waals surface area contributed by atoms with Gasteiger partial charge in [0.2, 0.25) is 5.91 Å². The number of hydrogen-bond acceptors (Lipinski definition) is 3. The van der Waals surface area contributed by atoms with Gasteiger partial charge in [-0.2, -0.15) is 0 Å². The van der Waals surface area contributed by atoms with E-state index in [1.165, 1.54) is 0 Å². The van der Waals surface area contributed by atoms with E-state index in [9.17, 15) is 4.79 Å². The molecule has 4 nitrogen and oxygen atoms in total. The molecule has 1 heterocycles. The molecule has 1 unspecified atom stereocenters. The van der Waals surface area contributed by atoms with Crippen LogP contribution in [0.25, 0.3) is 0 Å². The van der Waals surface area contributed by atoms with E-state index < -0.39 is 0 Å². The van der Waals surface area contributed by atoms with Gasteiger partial charge < -0.3 is 15.4 Å². The molecule has 2 atom stereocenters. The number of hydrogen-bond donors (Lipinski definition) is 1. The highest BCUT2D eigenvalue weighted by Crippen LogP contribution is 2.15. The van der Waals surface area contributed by atoms with Gasteiger partial charge in [-0.25, -0.2) is 0 Å². The topological polar surface area (TPSA) is 55.6 Å². The van der Waals surface area contributed by atoms with Crippen molar-refractivity contribution < 1.29 is 9.53 Å². The lowest BCUT2D eigenvalue weighted by Gasteiger charge is -2.34. The molecule has 0 saturated carbocycles. The first-order chi connectivity index (χ1) is 7.56. The van der Waals surface area contributed by atoms with Crippen LogP contribution in [0.4, 0.5) is 0 Å².